The highest BCUT2D eigenvalue weighted by Crippen LogP contribution is 2.23. The quantitative estimate of drug-likeness (QED) is 0.517. The molecule has 0 spiro atoms. The van der Waals surface area contributed by atoms with E-state index in [0.29, 0.717) is 5.95 Å². The summed E-state index contributed by atoms with van der Waals surface area (Å²) in [6.45, 7) is 3.21. The number of hydrogen-bond acceptors (Lipinski definition) is 5. The van der Waals surface area contributed by atoms with Crippen molar-refractivity contribution in [2.45, 2.75) is 32.1 Å². The van der Waals surface area contributed by atoms with Crippen molar-refractivity contribution in [1.82, 2.24) is 9.97 Å². The van der Waals surface area contributed by atoms with Crippen LogP contribution in [-0.4, -0.2) is 29.6 Å². The standard InChI is InChI=1S/C24H29N5/c1-3-8-20(9-4-1)10-7-16-25-23-15-17-26-24(28-23)27-21-11-13-22(14-12-21)29-18-5-2-6-19-29/h1,3-4,8-9,11-15,17H,2,5-7,10,16,18-19H2,(H2,25,26,27,28). The molecule has 150 valence electrons. The summed E-state index contributed by atoms with van der Waals surface area (Å²) in [7, 11) is 0. The van der Waals surface area contributed by atoms with Crippen LogP contribution in [0.4, 0.5) is 23.1 Å². The average molecular weight is 388 g/mol. The Balaban J connectivity index is 1.28. The minimum atomic E-state index is 0.615. The van der Waals surface area contributed by atoms with E-state index in [0.717, 1.165) is 44.0 Å². The largest absolute Gasteiger partial charge is 0.372 e. The molecular weight excluding hydrogens is 358 g/mol. The third-order valence-electron chi connectivity index (χ3n) is 5.29. The van der Waals surface area contributed by atoms with Crippen molar-refractivity contribution in [3.63, 3.8) is 0 Å². The number of aromatic nitrogens is 2. The number of aryl methyl sites for hydroxylation is 1. The van der Waals surface area contributed by atoms with Gasteiger partial charge >= 0.3 is 0 Å². The van der Waals surface area contributed by atoms with Gasteiger partial charge in [0, 0.05) is 37.2 Å². The second kappa shape index (κ2) is 9.92. The zero-order valence-electron chi connectivity index (χ0n) is 16.8. The van der Waals surface area contributed by atoms with Crippen molar-refractivity contribution in [3.8, 4) is 0 Å². The Morgan fingerprint density at radius 2 is 1.66 bits per heavy atom. The van der Waals surface area contributed by atoms with Gasteiger partial charge in [-0.3, -0.25) is 0 Å². The summed E-state index contributed by atoms with van der Waals surface area (Å²) in [4.78, 5) is 11.4. The van der Waals surface area contributed by atoms with Gasteiger partial charge in [-0.15, -0.1) is 0 Å². The van der Waals surface area contributed by atoms with Crippen molar-refractivity contribution < 1.29 is 0 Å². The molecule has 1 fully saturated rings. The van der Waals surface area contributed by atoms with E-state index in [-0.39, 0.29) is 0 Å². The van der Waals surface area contributed by atoms with Gasteiger partial charge in [0.05, 0.1) is 0 Å². The minimum absolute atomic E-state index is 0.615. The highest BCUT2D eigenvalue weighted by Gasteiger charge is 2.10. The van der Waals surface area contributed by atoms with Gasteiger partial charge in [0.25, 0.3) is 0 Å². The molecule has 5 nitrogen and oxygen atoms in total. The van der Waals surface area contributed by atoms with Crippen molar-refractivity contribution in [2.75, 3.05) is 35.2 Å². The van der Waals surface area contributed by atoms with Crippen molar-refractivity contribution in [1.29, 1.82) is 0 Å². The molecule has 1 aromatic heterocycles. The second-order valence-electron chi connectivity index (χ2n) is 7.50. The summed E-state index contributed by atoms with van der Waals surface area (Å²) in [5.74, 6) is 1.46. The molecule has 0 bridgehead atoms. The summed E-state index contributed by atoms with van der Waals surface area (Å²) in [6, 6.07) is 21.0. The van der Waals surface area contributed by atoms with Crippen LogP contribution in [0.2, 0.25) is 0 Å². The molecular formula is C24H29N5. The summed E-state index contributed by atoms with van der Waals surface area (Å²) in [5, 5.41) is 6.71. The lowest BCUT2D eigenvalue weighted by atomic mass is 10.1. The number of hydrogen-bond donors (Lipinski definition) is 2. The first kappa shape index (κ1) is 19.2. The maximum absolute atomic E-state index is 4.58. The summed E-state index contributed by atoms with van der Waals surface area (Å²) in [5.41, 5.74) is 3.67. The fraction of sp³-hybridized carbons (Fsp3) is 0.333. The van der Waals surface area contributed by atoms with Gasteiger partial charge < -0.3 is 15.5 Å². The zero-order chi connectivity index (χ0) is 19.7. The lowest BCUT2D eigenvalue weighted by molar-refractivity contribution is 0.578. The van der Waals surface area contributed by atoms with Gasteiger partial charge in [-0.2, -0.15) is 4.98 Å². The van der Waals surface area contributed by atoms with Gasteiger partial charge in [-0.25, -0.2) is 4.98 Å². The van der Waals surface area contributed by atoms with Crippen LogP contribution in [0.15, 0.2) is 66.9 Å². The third-order valence-corrected chi connectivity index (χ3v) is 5.29. The van der Waals surface area contributed by atoms with E-state index in [9.17, 15) is 0 Å². The number of nitrogens with one attached hydrogen (secondary N) is 2. The second-order valence-corrected chi connectivity index (χ2v) is 7.50. The van der Waals surface area contributed by atoms with Crippen LogP contribution < -0.4 is 15.5 Å². The zero-order valence-corrected chi connectivity index (χ0v) is 16.8. The van der Waals surface area contributed by atoms with Crippen LogP contribution in [0, 0.1) is 0 Å². The highest BCUT2D eigenvalue weighted by atomic mass is 15.1. The maximum atomic E-state index is 4.58. The van der Waals surface area contributed by atoms with Gasteiger partial charge in [0.15, 0.2) is 0 Å². The first-order valence-electron chi connectivity index (χ1n) is 10.6. The fourth-order valence-electron chi connectivity index (χ4n) is 3.71. The van der Waals surface area contributed by atoms with E-state index >= 15 is 0 Å². The van der Waals surface area contributed by atoms with Crippen molar-refractivity contribution in [2.24, 2.45) is 0 Å². The Morgan fingerprint density at radius 1 is 0.862 bits per heavy atom. The normalized spacial score (nSPS) is 13.9. The van der Waals surface area contributed by atoms with Crippen molar-refractivity contribution in [3.05, 3.63) is 72.4 Å². The van der Waals surface area contributed by atoms with E-state index in [4.69, 9.17) is 0 Å². The third kappa shape index (κ3) is 5.70. The molecule has 0 unspecified atom stereocenters. The highest BCUT2D eigenvalue weighted by molar-refractivity contribution is 5.60. The van der Waals surface area contributed by atoms with Crippen LogP contribution in [0.1, 0.15) is 31.2 Å². The topological polar surface area (TPSA) is 53.1 Å². The summed E-state index contributed by atoms with van der Waals surface area (Å²) >= 11 is 0. The van der Waals surface area contributed by atoms with E-state index in [1.807, 2.05) is 6.07 Å². The fourth-order valence-corrected chi connectivity index (χ4v) is 3.71. The van der Waals surface area contributed by atoms with Crippen LogP contribution in [0.5, 0.6) is 0 Å². The Morgan fingerprint density at radius 3 is 2.45 bits per heavy atom. The molecule has 2 heterocycles. The SMILES string of the molecule is c1ccc(CCCNc2ccnc(Nc3ccc(N4CCCCC4)cc3)n2)cc1. The molecule has 29 heavy (non-hydrogen) atoms. The molecule has 1 aliphatic heterocycles. The molecule has 3 aromatic rings. The van der Waals surface area contributed by atoms with Gasteiger partial charge in [-0.05, 0) is 68.0 Å². The Bertz CT molecular complexity index is 873. The molecule has 0 radical (unpaired) electrons. The van der Waals surface area contributed by atoms with Gasteiger partial charge in [0.2, 0.25) is 5.95 Å². The van der Waals surface area contributed by atoms with E-state index in [2.05, 4.69) is 80.1 Å². The number of piperidine rings is 1. The number of nitrogens with zero attached hydrogens (tertiary/aromatic N) is 3. The van der Waals surface area contributed by atoms with Gasteiger partial charge in [-0.1, -0.05) is 30.3 Å². The molecule has 0 amide bonds. The summed E-state index contributed by atoms with van der Waals surface area (Å²) < 4.78 is 0. The molecule has 2 aromatic carbocycles. The Kier molecular flexibility index (Phi) is 6.58. The van der Waals surface area contributed by atoms with E-state index < -0.39 is 0 Å². The molecule has 1 aliphatic rings. The lowest BCUT2D eigenvalue weighted by Gasteiger charge is -2.28. The monoisotopic (exact) mass is 387 g/mol. The Labute approximate surface area is 173 Å². The van der Waals surface area contributed by atoms with E-state index in [1.165, 1.54) is 30.5 Å². The van der Waals surface area contributed by atoms with Crippen LogP contribution in [0.25, 0.3) is 0 Å². The minimum Gasteiger partial charge on any atom is -0.372 e. The number of anilines is 4. The number of rotatable bonds is 8. The molecule has 2 N–H and O–H groups in total. The first-order chi connectivity index (χ1) is 14.4. The predicted molar refractivity (Wildman–Crippen MR) is 121 cm³/mol. The molecule has 5 heteroatoms. The molecule has 1 saturated heterocycles. The van der Waals surface area contributed by atoms with Crippen LogP contribution in [-0.2, 0) is 6.42 Å². The Hall–Kier alpha value is -3.08. The number of benzene rings is 2. The van der Waals surface area contributed by atoms with E-state index in [1.54, 1.807) is 6.20 Å². The smallest absolute Gasteiger partial charge is 0.229 e. The maximum Gasteiger partial charge on any atom is 0.229 e. The molecule has 0 atom stereocenters. The predicted octanol–water partition coefficient (Wildman–Crippen LogP) is 5.26. The molecule has 0 saturated carbocycles. The lowest BCUT2D eigenvalue weighted by Crippen LogP contribution is -2.29. The van der Waals surface area contributed by atoms with Crippen molar-refractivity contribution >= 4 is 23.1 Å². The van der Waals surface area contributed by atoms with Crippen LogP contribution >= 0.6 is 0 Å². The van der Waals surface area contributed by atoms with Crippen LogP contribution in [0.3, 0.4) is 0 Å². The molecule has 4 rings (SSSR count). The molecule has 0 aliphatic carbocycles. The average Bonchev–Trinajstić information content (AvgIpc) is 2.79. The summed E-state index contributed by atoms with van der Waals surface area (Å²) in [6.07, 6.45) is 7.85. The van der Waals surface area contributed by atoms with Gasteiger partial charge in [0.1, 0.15) is 5.82 Å². The first-order valence-corrected chi connectivity index (χ1v) is 10.6.